The maximum absolute atomic E-state index is 13.2. The largest absolute Gasteiger partial charge is 0.481 e. The first-order valence-electron chi connectivity index (χ1n) is 7.33. The Morgan fingerprint density at radius 3 is 2.96 bits per heavy atom. The molecule has 1 atom stereocenters. The number of rotatable bonds is 4. The number of carboxylic acid groups (broad SMARTS) is 1. The lowest BCUT2D eigenvalue weighted by Crippen LogP contribution is -2.28. The third-order valence-corrected chi connectivity index (χ3v) is 4.08. The van der Waals surface area contributed by atoms with E-state index in [1.54, 1.807) is 13.0 Å². The normalized spacial score (nSPS) is 16.2. The topological polar surface area (TPSA) is 79.5 Å². The molecule has 1 aliphatic rings. The quantitative estimate of drug-likeness (QED) is 0.909. The fourth-order valence-corrected chi connectivity index (χ4v) is 3.04. The van der Waals surface area contributed by atoms with Crippen molar-refractivity contribution in [2.45, 2.75) is 32.2 Å². The monoisotopic (exact) mass is 317 g/mol. The molecule has 0 aliphatic heterocycles. The molecule has 0 unspecified atom stereocenters. The molecule has 1 heterocycles. The van der Waals surface area contributed by atoms with Crippen molar-refractivity contribution in [3.05, 3.63) is 58.3 Å². The molecule has 0 fully saturated rings. The lowest BCUT2D eigenvalue weighted by atomic mass is 10.1. The lowest BCUT2D eigenvalue weighted by Gasteiger charge is -2.14. The number of carbonyl (C=O) groups is 2. The van der Waals surface area contributed by atoms with Crippen molar-refractivity contribution >= 4 is 11.9 Å². The van der Waals surface area contributed by atoms with Gasteiger partial charge in [-0.05, 0) is 43.0 Å². The molecular formula is C17H16FNO4. The number of halogens is 1. The molecule has 6 heteroatoms. The van der Waals surface area contributed by atoms with E-state index >= 15 is 0 Å². The van der Waals surface area contributed by atoms with Crippen molar-refractivity contribution in [2.75, 3.05) is 0 Å². The number of amides is 1. The molecular weight excluding hydrogens is 301 g/mol. The highest BCUT2D eigenvalue weighted by atomic mass is 19.1. The van der Waals surface area contributed by atoms with Crippen molar-refractivity contribution in [2.24, 2.45) is 0 Å². The minimum Gasteiger partial charge on any atom is -0.481 e. The molecule has 0 spiro atoms. The highest BCUT2D eigenvalue weighted by Crippen LogP contribution is 2.32. The smallest absolute Gasteiger partial charge is 0.311 e. The van der Waals surface area contributed by atoms with Gasteiger partial charge in [0.25, 0.3) is 5.91 Å². The van der Waals surface area contributed by atoms with Gasteiger partial charge in [-0.1, -0.05) is 6.07 Å². The van der Waals surface area contributed by atoms with E-state index in [1.807, 2.05) is 0 Å². The highest BCUT2D eigenvalue weighted by molar-refractivity contribution is 5.97. The van der Waals surface area contributed by atoms with Crippen LogP contribution in [-0.2, 0) is 17.6 Å². The van der Waals surface area contributed by atoms with Crippen LogP contribution in [0.5, 0.6) is 0 Å². The Morgan fingerprint density at radius 2 is 2.22 bits per heavy atom. The molecule has 2 N–H and O–H groups in total. The van der Waals surface area contributed by atoms with Crippen molar-refractivity contribution in [1.82, 2.24) is 5.32 Å². The van der Waals surface area contributed by atoms with Gasteiger partial charge in [-0.3, -0.25) is 9.59 Å². The summed E-state index contributed by atoms with van der Waals surface area (Å²) in [6.45, 7) is 1.70. The zero-order valence-corrected chi connectivity index (χ0v) is 12.6. The number of aliphatic carboxylic acids is 1. The van der Waals surface area contributed by atoms with Crippen LogP contribution in [0.15, 0.2) is 28.9 Å². The van der Waals surface area contributed by atoms with Crippen molar-refractivity contribution < 1.29 is 23.5 Å². The lowest BCUT2D eigenvalue weighted by molar-refractivity contribution is -0.136. The van der Waals surface area contributed by atoms with Gasteiger partial charge in [-0.25, -0.2) is 4.39 Å². The summed E-state index contributed by atoms with van der Waals surface area (Å²) < 4.78 is 18.4. The van der Waals surface area contributed by atoms with Crippen LogP contribution in [0.4, 0.5) is 4.39 Å². The predicted octanol–water partition coefficient (Wildman–Crippen LogP) is 2.77. The zero-order chi connectivity index (χ0) is 16.6. The summed E-state index contributed by atoms with van der Waals surface area (Å²) >= 11 is 0. The van der Waals surface area contributed by atoms with Gasteiger partial charge < -0.3 is 14.8 Å². The Kier molecular flexibility index (Phi) is 3.90. The van der Waals surface area contributed by atoms with E-state index in [-0.39, 0.29) is 35.5 Å². The summed E-state index contributed by atoms with van der Waals surface area (Å²) in [5.74, 6) is -1.57. The molecule has 23 heavy (non-hydrogen) atoms. The van der Waals surface area contributed by atoms with Crippen molar-refractivity contribution in [3.8, 4) is 0 Å². The highest BCUT2D eigenvalue weighted by Gasteiger charge is 2.27. The minimum absolute atomic E-state index is 0.143. The molecule has 0 saturated carbocycles. The molecule has 0 radical (unpaired) electrons. The molecule has 0 bridgehead atoms. The molecule has 3 rings (SSSR count). The van der Waals surface area contributed by atoms with Gasteiger partial charge in [-0.2, -0.15) is 0 Å². The summed E-state index contributed by atoms with van der Waals surface area (Å²) in [7, 11) is 0. The Hall–Kier alpha value is -2.63. The van der Waals surface area contributed by atoms with Crippen molar-refractivity contribution in [1.29, 1.82) is 0 Å². The molecule has 120 valence electrons. The first-order chi connectivity index (χ1) is 11.0. The van der Waals surface area contributed by atoms with Crippen LogP contribution in [0, 0.1) is 12.7 Å². The van der Waals surface area contributed by atoms with Crippen LogP contribution < -0.4 is 5.32 Å². The SMILES string of the molecule is Cc1coc(CC(=O)O)c1C(=O)N[C@@H]1CCc2cc(F)ccc21. The molecule has 1 aromatic carbocycles. The van der Waals surface area contributed by atoms with Gasteiger partial charge in [0.2, 0.25) is 0 Å². The number of aryl methyl sites for hydroxylation is 2. The molecule has 1 aromatic heterocycles. The second kappa shape index (κ2) is 5.87. The van der Waals surface area contributed by atoms with Crippen LogP contribution in [0.1, 0.15) is 45.3 Å². The van der Waals surface area contributed by atoms with Crippen LogP contribution in [-0.4, -0.2) is 17.0 Å². The number of carboxylic acids is 1. The molecule has 1 aliphatic carbocycles. The number of hydrogen-bond donors (Lipinski definition) is 2. The summed E-state index contributed by atoms with van der Waals surface area (Å²) in [4.78, 5) is 23.4. The average molecular weight is 317 g/mol. The van der Waals surface area contributed by atoms with Gasteiger partial charge in [-0.15, -0.1) is 0 Å². The number of hydrogen-bond acceptors (Lipinski definition) is 3. The maximum Gasteiger partial charge on any atom is 0.311 e. The van der Waals surface area contributed by atoms with Gasteiger partial charge in [0.05, 0.1) is 17.9 Å². The van der Waals surface area contributed by atoms with E-state index in [4.69, 9.17) is 9.52 Å². The fraction of sp³-hybridized carbons (Fsp3) is 0.294. The van der Waals surface area contributed by atoms with Gasteiger partial charge in [0.1, 0.15) is 18.0 Å². The van der Waals surface area contributed by atoms with Gasteiger partial charge in [0.15, 0.2) is 0 Å². The van der Waals surface area contributed by atoms with E-state index in [2.05, 4.69) is 5.32 Å². The molecule has 2 aromatic rings. The second-order valence-electron chi connectivity index (χ2n) is 5.70. The van der Waals surface area contributed by atoms with E-state index < -0.39 is 5.97 Å². The Morgan fingerprint density at radius 1 is 1.43 bits per heavy atom. The van der Waals surface area contributed by atoms with Crippen LogP contribution in [0.25, 0.3) is 0 Å². The van der Waals surface area contributed by atoms with Crippen LogP contribution in [0.2, 0.25) is 0 Å². The summed E-state index contributed by atoms with van der Waals surface area (Å²) in [6.07, 6.45) is 2.42. The summed E-state index contributed by atoms with van der Waals surface area (Å²) in [5, 5.41) is 11.8. The molecule has 1 amide bonds. The number of furan rings is 1. The fourth-order valence-electron chi connectivity index (χ4n) is 3.04. The summed E-state index contributed by atoms with van der Waals surface area (Å²) in [5.41, 5.74) is 2.66. The first-order valence-corrected chi connectivity index (χ1v) is 7.33. The number of benzene rings is 1. The minimum atomic E-state index is -1.06. The Balaban J connectivity index is 1.82. The van der Waals surface area contributed by atoms with E-state index in [1.165, 1.54) is 18.4 Å². The van der Waals surface area contributed by atoms with Crippen LogP contribution >= 0.6 is 0 Å². The van der Waals surface area contributed by atoms with E-state index in [9.17, 15) is 14.0 Å². The van der Waals surface area contributed by atoms with E-state index in [0.29, 0.717) is 18.4 Å². The van der Waals surface area contributed by atoms with Crippen molar-refractivity contribution in [3.63, 3.8) is 0 Å². The van der Waals surface area contributed by atoms with Gasteiger partial charge >= 0.3 is 5.97 Å². The Labute approximate surface area is 132 Å². The first kappa shape index (κ1) is 15.3. The standard InChI is InChI=1S/C17H16FNO4/c1-9-8-23-14(7-15(20)21)16(9)17(22)19-13-5-2-10-6-11(18)3-4-12(10)13/h3-4,6,8,13H,2,5,7H2,1H3,(H,19,22)(H,20,21)/t13-/m1/s1. The number of nitrogens with one attached hydrogen (secondary N) is 1. The van der Waals surface area contributed by atoms with Crippen LogP contribution in [0.3, 0.4) is 0 Å². The predicted molar refractivity (Wildman–Crippen MR) is 79.7 cm³/mol. The molecule has 0 saturated heterocycles. The van der Waals surface area contributed by atoms with Gasteiger partial charge in [0, 0.05) is 5.56 Å². The third-order valence-electron chi connectivity index (χ3n) is 4.08. The zero-order valence-electron chi connectivity index (χ0n) is 12.6. The second-order valence-corrected chi connectivity index (χ2v) is 5.70. The average Bonchev–Trinajstić information content (AvgIpc) is 3.02. The molecule has 5 nitrogen and oxygen atoms in total. The summed E-state index contributed by atoms with van der Waals surface area (Å²) in [6, 6.07) is 4.34. The number of fused-ring (bicyclic) bond motifs is 1. The number of carbonyl (C=O) groups excluding carboxylic acids is 1. The maximum atomic E-state index is 13.2. The Bertz CT molecular complexity index is 781. The third kappa shape index (κ3) is 2.97. The van der Waals surface area contributed by atoms with E-state index in [0.717, 1.165) is 11.1 Å².